The van der Waals surface area contributed by atoms with E-state index in [0.717, 1.165) is 21.2 Å². The van der Waals surface area contributed by atoms with Crippen LogP contribution < -0.4 is 5.32 Å². The van der Waals surface area contributed by atoms with E-state index in [1.807, 2.05) is 55.5 Å². The monoisotopic (exact) mass is 369 g/mol. The molecule has 2 aromatic carbocycles. The van der Waals surface area contributed by atoms with E-state index >= 15 is 0 Å². The quantitative estimate of drug-likeness (QED) is 0.727. The van der Waals surface area contributed by atoms with Crippen molar-refractivity contribution in [3.8, 4) is 11.3 Å². The van der Waals surface area contributed by atoms with Gasteiger partial charge in [-0.25, -0.2) is 0 Å². The molecule has 0 spiro atoms. The Kier molecular flexibility index (Phi) is 4.57. The molecule has 0 bridgehead atoms. The Bertz CT molecular complexity index is 842. The van der Waals surface area contributed by atoms with E-state index < -0.39 is 0 Å². The molecule has 1 amide bonds. The van der Waals surface area contributed by atoms with Gasteiger partial charge in [0.15, 0.2) is 0 Å². The average molecular weight is 370 g/mol. The summed E-state index contributed by atoms with van der Waals surface area (Å²) in [5.41, 5.74) is 4.43. The van der Waals surface area contributed by atoms with Crippen molar-refractivity contribution in [2.75, 3.05) is 0 Å². The summed E-state index contributed by atoms with van der Waals surface area (Å²) in [6, 6.07) is 15.8. The molecule has 5 heteroatoms. The van der Waals surface area contributed by atoms with Crippen molar-refractivity contribution in [1.29, 1.82) is 0 Å². The molecule has 116 valence electrons. The smallest absolute Gasteiger partial charge is 0.255 e. The lowest BCUT2D eigenvalue weighted by molar-refractivity contribution is 0.0951. The minimum atomic E-state index is -0.142. The van der Waals surface area contributed by atoms with Gasteiger partial charge in [0.05, 0.1) is 17.5 Å². The topological polar surface area (TPSA) is 57.8 Å². The van der Waals surface area contributed by atoms with E-state index in [-0.39, 0.29) is 5.91 Å². The fraction of sp³-hybridized carbons (Fsp3) is 0.111. The first-order chi connectivity index (χ1) is 11.1. The zero-order valence-corrected chi connectivity index (χ0v) is 14.2. The van der Waals surface area contributed by atoms with E-state index in [0.29, 0.717) is 17.8 Å². The fourth-order valence-corrected chi connectivity index (χ4v) is 2.80. The molecule has 0 saturated heterocycles. The number of benzene rings is 2. The van der Waals surface area contributed by atoms with E-state index in [4.69, 9.17) is 0 Å². The summed E-state index contributed by atoms with van der Waals surface area (Å²) in [6.45, 7) is 2.53. The number of carbonyl (C=O) groups is 1. The molecule has 1 aromatic heterocycles. The Morgan fingerprint density at radius 3 is 2.83 bits per heavy atom. The number of nitrogens with zero attached hydrogens (tertiary/aromatic N) is 1. The highest BCUT2D eigenvalue weighted by Gasteiger charge is 2.15. The Balaban J connectivity index is 1.79. The number of rotatable bonds is 4. The highest BCUT2D eigenvalue weighted by Crippen LogP contribution is 2.24. The summed E-state index contributed by atoms with van der Waals surface area (Å²) < 4.78 is 0.955. The zero-order valence-electron chi connectivity index (χ0n) is 12.6. The van der Waals surface area contributed by atoms with Crippen molar-refractivity contribution in [2.24, 2.45) is 0 Å². The summed E-state index contributed by atoms with van der Waals surface area (Å²) in [6.07, 6.45) is 1.56. The van der Waals surface area contributed by atoms with E-state index in [2.05, 4.69) is 31.4 Å². The maximum Gasteiger partial charge on any atom is 0.255 e. The van der Waals surface area contributed by atoms with Crippen molar-refractivity contribution in [2.45, 2.75) is 13.5 Å². The number of carbonyl (C=O) groups excluding carboxylic acids is 1. The van der Waals surface area contributed by atoms with Crippen molar-refractivity contribution >= 4 is 21.8 Å². The third kappa shape index (κ3) is 3.51. The lowest BCUT2D eigenvalue weighted by atomic mass is 10.1. The first-order valence-electron chi connectivity index (χ1n) is 7.27. The molecule has 0 aliphatic heterocycles. The van der Waals surface area contributed by atoms with Gasteiger partial charge in [0.25, 0.3) is 5.91 Å². The molecule has 3 rings (SSSR count). The summed E-state index contributed by atoms with van der Waals surface area (Å²) in [7, 11) is 0. The summed E-state index contributed by atoms with van der Waals surface area (Å²) >= 11 is 3.44. The van der Waals surface area contributed by atoms with Crippen molar-refractivity contribution < 1.29 is 4.79 Å². The number of aromatic nitrogens is 2. The van der Waals surface area contributed by atoms with Crippen LogP contribution >= 0.6 is 15.9 Å². The highest BCUT2D eigenvalue weighted by molar-refractivity contribution is 9.10. The zero-order chi connectivity index (χ0) is 16.2. The number of H-pyrrole nitrogens is 1. The highest BCUT2D eigenvalue weighted by atomic mass is 79.9. The lowest BCUT2D eigenvalue weighted by Gasteiger charge is -2.08. The third-order valence-corrected chi connectivity index (χ3v) is 4.19. The van der Waals surface area contributed by atoms with Gasteiger partial charge in [0.1, 0.15) is 0 Å². The van der Waals surface area contributed by atoms with Gasteiger partial charge in [-0.05, 0) is 30.2 Å². The number of halogens is 1. The molecule has 0 unspecified atom stereocenters. The van der Waals surface area contributed by atoms with Crippen molar-refractivity contribution in [3.63, 3.8) is 0 Å². The number of hydrogen-bond donors (Lipinski definition) is 2. The van der Waals surface area contributed by atoms with Gasteiger partial charge >= 0.3 is 0 Å². The molecule has 1 heterocycles. The van der Waals surface area contributed by atoms with Gasteiger partial charge in [-0.2, -0.15) is 5.10 Å². The summed E-state index contributed by atoms with van der Waals surface area (Å²) in [4.78, 5) is 12.5. The second-order valence-electron chi connectivity index (χ2n) is 5.28. The molecule has 0 saturated carbocycles. The lowest BCUT2D eigenvalue weighted by Crippen LogP contribution is -2.23. The Hall–Kier alpha value is -2.40. The Labute approximate surface area is 143 Å². The van der Waals surface area contributed by atoms with Crippen LogP contribution in [0.4, 0.5) is 0 Å². The molecule has 3 aromatic rings. The molecular weight excluding hydrogens is 354 g/mol. The van der Waals surface area contributed by atoms with E-state index in [1.165, 1.54) is 0 Å². The van der Waals surface area contributed by atoms with Gasteiger partial charge in [-0.1, -0.05) is 52.3 Å². The fourth-order valence-electron chi connectivity index (χ4n) is 2.40. The SMILES string of the molecule is Cc1ccccc1CNC(=O)c1cn[nH]c1-c1cccc(Br)c1. The van der Waals surface area contributed by atoms with Crippen LogP contribution in [0.2, 0.25) is 0 Å². The molecule has 2 N–H and O–H groups in total. The van der Waals surface area contributed by atoms with Crippen LogP contribution in [-0.2, 0) is 6.54 Å². The number of hydrogen-bond acceptors (Lipinski definition) is 2. The molecule has 4 nitrogen and oxygen atoms in total. The number of aryl methyl sites for hydroxylation is 1. The van der Waals surface area contributed by atoms with Crippen molar-refractivity contribution in [3.05, 3.63) is 75.9 Å². The van der Waals surface area contributed by atoms with Crippen LogP contribution in [0.1, 0.15) is 21.5 Å². The molecule has 0 fully saturated rings. The second kappa shape index (κ2) is 6.79. The number of aromatic amines is 1. The maximum atomic E-state index is 12.5. The predicted octanol–water partition coefficient (Wildman–Crippen LogP) is 4.08. The minimum absolute atomic E-state index is 0.142. The first kappa shape index (κ1) is 15.5. The summed E-state index contributed by atoms with van der Waals surface area (Å²) in [5, 5.41) is 9.89. The molecular formula is C18H16BrN3O. The van der Waals surface area contributed by atoms with E-state index in [1.54, 1.807) is 6.20 Å². The van der Waals surface area contributed by atoms with Crippen LogP contribution in [0.15, 0.2) is 59.2 Å². The van der Waals surface area contributed by atoms with Gasteiger partial charge in [-0.3, -0.25) is 9.89 Å². The maximum absolute atomic E-state index is 12.5. The number of amides is 1. The van der Waals surface area contributed by atoms with Crippen LogP contribution in [0.3, 0.4) is 0 Å². The van der Waals surface area contributed by atoms with Crippen LogP contribution in [0.25, 0.3) is 11.3 Å². The largest absolute Gasteiger partial charge is 0.348 e. The van der Waals surface area contributed by atoms with Crippen LogP contribution in [0, 0.1) is 6.92 Å². The molecule has 0 radical (unpaired) electrons. The minimum Gasteiger partial charge on any atom is -0.348 e. The van der Waals surface area contributed by atoms with Crippen molar-refractivity contribution in [1.82, 2.24) is 15.5 Å². The Morgan fingerprint density at radius 2 is 2.04 bits per heavy atom. The second-order valence-corrected chi connectivity index (χ2v) is 6.19. The average Bonchev–Trinajstić information content (AvgIpc) is 3.03. The predicted molar refractivity (Wildman–Crippen MR) is 94.1 cm³/mol. The van der Waals surface area contributed by atoms with Gasteiger partial charge in [-0.15, -0.1) is 0 Å². The molecule has 0 atom stereocenters. The molecule has 0 aliphatic rings. The van der Waals surface area contributed by atoms with Gasteiger partial charge < -0.3 is 5.32 Å². The Morgan fingerprint density at radius 1 is 1.22 bits per heavy atom. The van der Waals surface area contributed by atoms with Crippen LogP contribution in [0.5, 0.6) is 0 Å². The molecule has 23 heavy (non-hydrogen) atoms. The van der Waals surface area contributed by atoms with E-state index in [9.17, 15) is 4.79 Å². The van der Waals surface area contributed by atoms with Gasteiger partial charge in [0.2, 0.25) is 0 Å². The number of nitrogens with one attached hydrogen (secondary N) is 2. The first-order valence-corrected chi connectivity index (χ1v) is 8.06. The van der Waals surface area contributed by atoms with Gasteiger partial charge in [0, 0.05) is 16.6 Å². The standard InChI is InChI=1S/C18H16BrN3O/c1-12-5-2-3-6-14(12)10-20-18(23)16-11-21-22-17(16)13-7-4-8-15(19)9-13/h2-9,11H,10H2,1H3,(H,20,23)(H,21,22). The molecule has 0 aliphatic carbocycles. The summed E-state index contributed by atoms with van der Waals surface area (Å²) in [5.74, 6) is -0.142. The van der Waals surface area contributed by atoms with Crippen LogP contribution in [-0.4, -0.2) is 16.1 Å². The third-order valence-electron chi connectivity index (χ3n) is 3.70. The normalized spacial score (nSPS) is 10.5.